The number of nitrogens with zero attached hydrogens (tertiary/aromatic N) is 2. The van der Waals surface area contributed by atoms with Gasteiger partial charge in [0, 0.05) is 25.8 Å². The monoisotopic (exact) mass is 210 g/mol. The Balaban J connectivity index is 4.38. The van der Waals surface area contributed by atoms with E-state index in [0.29, 0.717) is 12.0 Å². The van der Waals surface area contributed by atoms with Crippen molar-refractivity contribution in [2.45, 2.75) is 40.2 Å². The van der Waals surface area contributed by atoms with Crippen LogP contribution in [0.25, 0.3) is 0 Å². The normalized spacial score (nSPS) is 10.7. The molecule has 0 atom stereocenters. The first-order chi connectivity index (χ1) is 6.77. The fourth-order valence-electron chi connectivity index (χ4n) is 1.33. The summed E-state index contributed by atoms with van der Waals surface area (Å²) in [7, 11) is 4.10. The molecule has 0 unspecified atom stereocenters. The molecule has 2 heteroatoms. The Kier molecular flexibility index (Phi) is 5.48. The van der Waals surface area contributed by atoms with Crippen LogP contribution in [0.3, 0.4) is 0 Å². The van der Waals surface area contributed by atoms with Crippen molar-refractivity contribution >= 4 is 0 Å². The Morgan fingerprint density at radius 2 is 1.53 bits per heavy atom. The highest BCUT2D eigenvalue weighted by molar-refractivity contribution is 5.05. The van der Waals surface area contributed by atoms with Gasteiger partial charge in [-0.3, -0.25) is 0 Å². The summed E-state index contributed by atoms with van der Waals surface area (Å²) in [6.45, 7) is 16.9. The van der Waals surface area contributed by atoms with Crippen LogP contribution in [0.4, 0.5) is 0 Å². The molecule has 0 amide bonds. The smallest absolute Gasteiger partial charge is 0.100 e. The zero-order chi connectivity index (χ0) is 12.2. The third-order valence-electron chi connectivity index (χ3n) is 2.69. The number of hydrogen-bond acceptors (Lipinski definition) is 2. The van der Waals surface area contributed by atoms with Crippen molar-refractivity contribution < 1.29 is 0 Å². The molecule has 0 spiro atoms. The first-order valence-corrected chi connectivity index (χ1v) is 5.60. The Hall–Kier alpha value is -0.920. The number of rotatable bonds is 6. The molecule has 0 aliphatic rings. The summed E-state index contributed by atoms with van der Waals surface area (Å²) in [5.41, 5.74) is 1.13. The Morgan fingerprint density at radius 3 is 1.87 bits per heavy atom. The van der Waals surface area contributed by atoms with Crippen LogP contribution in [0.1, 0.15) is 34.1 Å². The second-order valence-electron chi connectivity index (χ2n) is 4.84. The van der Waals surface area contributed by atoms with Crippen molar-refractivity contribution in [3.63, 3.8) is 0 Å². The van der Waals surface area contributed by atoms with E-state index in [2.05, 4.69) is 57.7 Å². The van der Waals surface area contributed by atoms with Gasteiger partial charge in [-0.05, 0) is 26.2 Å². The van der Waals surface area contributed by atoms with Crippen LogP contribution >= 0.6 is 0 Å². The first kappa shape index (κ1) is 14.1. The summed E-state index contributed by atoms with van der Waals surface area (Å²) in [6, 6.07) is 0.465. The predicted octanol–water partition coefficient (Wildman–Crippen LogP) is 3.29. The van der Waals surface area contributed by atoms with Crippen LogP contribution in [0.2, 0.25) is 0 Å². The van der Waals surface area contributed by atoms with Gasteiger partial charge in [0.1, 0.15) is 5.82 Å². The molecule has 0 fully saturated rings. The summed E-state index contributed by atoms with van der Waals surface area (Å²) >= 11 is 0. The van der Waals surface area contributed by atoms with Crippen LogP contribution in [0.15, 0.2) is 24.7 Å². The maximum absolute atomic E-state index is 4.10. The van der Waals surface area contributed by atoms with E-state index in [1.807, 2.05) is 7.05 Å². The summed E-state index contributed by atoms with van der Waals surface area (Å²) < 4.78 is 0. The minimum Gasteiger partial charge on any atom is -0.359 e. The molecule has 0 bridgehead atoms. The second-order valence-corrected chi connectivity index (χ2v) is 4.84. The van der Waals surface area contributed by atoms with Gasteiger partial charge >= 0.3 is 0 Å². The minimum atomic E-state index is 0.465. The topological polar surface area (TPSA) is 6.48 Å². The highest BCUT2D eigenvalue weighted by Gasteiger charge is 2.13. The molecule has 2 nitrogen and oxygen atoms in total. The van der Waals surface area contributed by atoms with Gasteiger partial charge in [-0.25, -0.2) is 0 Å². The molecule has 0 saturated carbocycles. The van der Waals surface area contributed by atoms with Crippen LogP contribution in [-0.2, 0) is 0 Å². The van der Waals surface area contributed by atoms with E-state index in [-0.39, 0.29) is 0 Å². The van der Waals surface area contributed by atoms with Crippen molar-refractivity contribution in [3.8, 4) is 0 Å². The second kappa shape index (κ2) is 5.84. The maximum Gasteiger partial charge on any atom is 0.100 e. The van der Waals surface area contributed by atoms with E-state index < -0.39 is 0 Å². The molecule has 0 N–H and O–H groups in total. The largest absolute Gasteiger partial charge is 0.359 e. The van der Waals surface area contributed by atoms with Gasteiger partial charge in [0.05, 0.1) is 0 Å². The molecular formula is C13H26N2. The Labute approximate surface area is 95.3 Å². The van der Waals surface area contributed by atoms with Crippen molar-refractivity contribution in [3.05, 3.63) is 24.7 Å². The Bertz CT molecular complexity index is 229. The van der Waals surface area contributed by atoms with Crippen molar-refractivity contribution in [2.75, 3.05) is 14.1 Å². The minimum absolute atomic E-state index is 0.465. The summed E-state index contributed by atoms with van der Waals surface area (Å²) in [5, 5.41) is 0. The van der Waals surface area contributed by atoms with Crippen molar-refractivity contribution in [2.24, 2.45) is 5.92 Å². The van der Waals surface area contributed by atoms with Crippen molar-refractivity contribution in [1.82, 2.24) is 9.80 Å². The lowest BCUT2D eigenvalue weighted by Crippen LogP contribution is -2.33. The van der Waals surface area contributed by atoms with E-state index in [0.717, 1.165) is 17.9 Å². The SMILES string of the molecule is C=C(CC(C)C)N(C)C(=C)N(C)C(C)C. The first-order valence-electron chi connectivity index (χ1n) is 5.60. The zero-order valence-electron chi connectivity index (χ0n) is 11.2. The van der Waals surface area contributed by atoms with Gasteiger partial charge in [-0.15, -0.1) is 0 Å². The highest BCUT2D eigenvalue weighted by atomic mass is 15.3. The van der Waals surface area contributed by atoms with Crippen LogP contribution < -0.4 is 0 Å². The lowest BCUT2D eigenvalue weighted by atomic mass is 10.1. The van der Waals surface area contributed by atoms with Gasteiger partial charge in [0.2, 0.25) is 0 Å². The fraction of sp³-hybridized carbons (Fsp3) is 0.692. The molecule has 0 aromatic heterocycles. The average molecular weight is 210 g/mol. The van der Waals surface area contributed by atoms with Gasteiger partial charge in [-0.2, -0.15) is 0 Å². The summed E-state index contributed by atoms with van der Waals surface area (Å²) in [5.74, 6) is 1.65. The average Bonchev–Trinajstić information content (AvgIpc) is 2.13. The van der Waals surface area contributed by atoms with Gasteiger partial charge < -0.3 is 9.80 Å². The van der Waals surface area contributed by atoms with Crippen LogP contribution in [0, 0.1) is 5.92 Å². The van der Waals surface area contributed by atoms with E-state index in [1.54, 1.807) is 0 Å². The van der Waals surface area contributed by atoms with E-state index >= 15 is 0 Å². The molecule has 0 radical (unpaired) electrons. The van der Waals surface area contributed by atoms with Gasteiger partial charge in [0.15, 0.2) is 0 Å². The molecule has 0 saturated heterocycles. The highest BCUT2D eigenvalue weighted by Crippen LogP contribution is 2.18. The molecule has 0 rings (SSSR count). The molecule has 0 aromatic rings. The van der Waals surface area contributed by atoms with E-state index in [1.165, 1.54) is 0 Å². The standard InChI is InChI=1S/C13H26N2/c1-10(2)9-12(5)15(8)13(6)14(7)11(3)4/h10-11H,5-6,9H2,1-4,7-8H3. The zero-order valence-corrected chi connectivity index (χ0v) is 11.2. The molecule has 0 aliphatic heterocycles. The molecule has 15 heavy (non-hydrogen) atoms. The van der Waals surface area contributed by atoms with Crippen LogP contribution in [0.5, 0.6) is 0 Å². The molecule has 88 valence electrons. The summed E-state index contributed by atoms with van der Waals surface area (Å²) in [6.07, 6.45) is 1.02. The molecule has 0 aromatic carbocycles. The summed E-state index contributed by atoms with van der Waals surface area (Å²) in [4.78, 5) is 4.24. The molecule has 0 heterocycles. The lowest BCUT2D eigenvalue weighted by Gasteiger charge is -2.34. The predicted molar refractivity (Wildman–Crippen MR) is 68.4 cm³/mol. The molecular weight excluding hydrogens is 184 g/mol. The van der Waals surface area contributed by atoms with E-state index in [9.17, 15) is 0 Å². The maximum atomic E-state index is 4.10. The van der Waals surface area contributed by atoms with E-state index in [4.69, 9.17) is 0 Å². The Morgan fingerprint density at radius 1 is 1.07 bits per heavy atom. The van der Waals surface area contributed by atoms with Gasteiger partial charge in [-0.1, -0.05) is 27.0 Å². The lowest BCUT2D eigenvalue weighted by molar-refractivity contribution is 0.256. The van der Waals surface area contributed by atoms with Crippen molar-refractivity contribution in [1.29, 1.82) is 0 Å². The quantitative estimate of drug-likeness (QED) is 0.664. The number of hydrogen-bond donors (Lipinski definition) is 0. The fourth-order valence-corrected chi connectivity index (χ4v) is 1.33. The number of allylic oxidation sites excluding steroid dienone is 1. The molecule has 0 aliphatic carbocycles. The van der Waals surface area contributed by atoms with Crippen LogP contribution in [-0.4, -0.2) is 29.9 Å². The third kappa shape index (κ3) is 4.41. The third-order valence-corrected chi connectivity index (χ3v) is 2.69. The van der Waals surface area contributed by atoms with Gasteiger partial charge in [0.25, 0.3) is 0 Å².